The summed E-state index contributed by atoms with van der Waals surface area (Å²) in [7, 11) is 3.26. The first-order chi connectivity index (χ1) is 16.4. The molecule has 1 aromatic carbocycles. The number of imidazole rings is 1. The molecule has 34 heavy (non-hydrogen) atoms. The van der Waals surface area contributed by atoms with Gasteiger partial charge in [0.25, 0.3) is 5.56 Å². The van der Waals surface area contributed by atoms with Gasteiger partial charge in [-0.15, -0.1) is 0 Å². The SMILES string of the molecule is CCCOc1ccc(/C=C/C(=O)OCCCn2c(=O)c3c(ncn3C)n(C)c2=O)cc1OCC. The molecule has 10 heteroatoms. The second-order valence-electron chi connectivity index (χ2n) is 7.67. The molecule has 0 spiro atoms. The van der Waals surface area contributed by atoms with Gasteiger partial charge in [0.15, 0.2) is 22.7 Å². The van der Waals surface area contributed by atoms with E-state index in [-0.39, 0.29) is 13.2 Å². The summed E-state index contributed by atoms with van der Waals surface area (Å²) in [6.07, 6.45) is 5.65. The molecule has 0 saturated heterocycles. The average Bonchev–Trinajstić information content (AvgIpc) is 3.22. The van der Waals surface area contributed by atoms with Crippen molar-refractivity contribution < 1.29 is 19.0 Å². The highest BCUT2D eigenvalue weighted by Gasteiger charge is 2.14. The number of carbonyl (C=O) groups is 1. The maximum Gasteiger partial charge on any atom is 0.332 e. The minimum Gasteiger partial charge on any atom is -0.490 e. The van der Waals surface area contributed by atoms with E-state index in [1.165, 1.54) is 17.0 Å². The van der Waals surface area contributed by atoms with E-state index in [1.54, 1.807) is 30.8 Å². The monoisotopic (exact) mass is 470 g/mol. The van der Waals surface area contributed by atoms with E-state index in [1.807, 2.05) is 26.0 Å². The third-order valence-corrected chi connectivity index (χ3v) is 5.11. The normalized spacial score (nSPS) is 11.3. The minimum atomic E-state index is -0.522. The summed E-state index contributed by atoms with van der Waals surface area (Å²) < 4.78 is 20.6. The molecule has 3 rings (SSSR count). The first kappa shape index (κ1) is 24.8. The van der Waals surface area contributed by atoms with Crippen molar-refractivity contribution in [2.24, 2.45) is 14.1 Å². The molecular weight excluding hydrogens is 440 g/mol. The van der Waals surface area contributed by atoms with Gasteiger partial charge in [-0.3, -0.25) is 13.9 Å². The number of aryl methyl sites for hydroxylation is 2. The summed E-state index contributed by atoms with van der Waals surface area (Å²) in [5.41, 5.74) is 0.575. The van der Waals surface area contributed by atoms with Crippen molar-refractivity contribution in [1.29, 1.82) is 0 Å². The van der Waals surface area contributed by atoms with Gasteiger partial charge in [-0.05, 0) is 43.5 Å². The quantitative estimate of drug-likeness (QED) is 0.240. The molecule has 0 amide bonds. The number of benzene rings is 1. The standard InChI is InChI=1S/C24H30N4O6/c1-5-13-33-18-10-8-17(15-19(18)32-6-2)9-11-20(29)34-14-7-12-28-23(30)21-22(25-16-26(21)3)27(4)24(28)31/h8-11,15-16H,5-7,12-14H2,1-4H3/b11-9+. The predicted octanol–water partition coefficient (Wildman–Crippen LogP) is 2.27. The summed E-state index contributed by atoms with van der Waals surface area (Å²) in [6, 6.07) is 5.44. The fraction of sp³-hybridized carbons (Fsp3) is 0.417. The molecule has 0 aliphatic heterocycles. The fourth-order valence-electron chi connectivity index (χ4n) is 3.43. The average molecular weight is 471 g/mol. The molecule has 3 aromatic rings. The Morgan fingerprint density at radius 2 is 1.88 bits per heavy atom. The first-order valence-electron chi connectivity index (χ1n) is 11.2. The molecule has 0 unspecified atom stereocenters. The van der Waals surface area contributed by atoms with Crippen molar-refractivity contribution >= 4 is 23.2 Å². The Morgan fingerprint density at radius 3 is 2.62 bits per heavy atom. The summed E-state index contributed by atoms with van der Waals surface area (Å²) in [6.45, 7) is 5.20. The molecule has 182 valence electrons. The second-order valence-corrected chi connectivity index (χ2v) is 7.67. The zero-order valence-corrected chi connectivity index (χ0v) is 19.9. The van der Waals surface area contributed by atoms with Gasteiger partial charge in [0, 0.05) is 26.7 Å². The van der Waals surface area contributed by atoms with E-state index in [0.717, 1.165) is 16.6 Å². The Balaban J connectivity index is 1.58. The van der Waals surface area contributed by atoms with Gasteiger partial charge in [-0.1, -0.05) is 13.0 Å². The second kappa shape index (κ2) is 11.4. The lowest BCUT2D eigenvalue weighted by atomic mass is 10.2. The van der Waals surface area contributed by atoms with E-state index < -0.39 is 17.2 Å². The zero-order valence-electron chi connectivity index (χ0n) is 19.9. The van der Waals surface area contributed by atoms with Crippen LogP contribution in [0.25, 0.3) is 17.2 Å². The zero-order chi connectivity index (χ0) is 24.7. The number of ether oxygens (including phenoxy) is 3. The Hall–Kier alpha value is -3.82. The van der Waals surface area contributed by atoms with Crippen LogP contribution in [0.1, 0.15) is 32.3 Å². The smallest absolute Gasteiger partial charge is 0.332 e. The minimum absolute atomic E-state index is 0.0657. The lowest BCUT2D eigenvalue weighted by Gasteiger charge is -2.12. The van der Waals surface area contributed by atoms with Gasteiger partial charge in [-0.25, -0.2) is 14.6 Å². The Morgan fingerprint density at radius 1 is 1.09 bits per heavy atom. The van der Waals surface area contributed by atoms with E-state index in [4.69, 9.17) is 14.2 Å². The van der Waals surface area contributed by atoms with E-state index in [2.05, 4.69) is 4.98 Å². The van der Waals surface area contributed by atoms with Crippen LogP contribution in [-0.2, 0) is 30.2 Å². The third kappa shape index (κ3) is 5.56. The largest absolute Gasteiger partial charge is 0.490 e. The molecule has 0 saturated carbocycles. The summed E-state index contributed by atoms with van der Waals surface area (Å²) >= 11 is 0. The van der Waals surface area contributed by atoms with Crippen LogP contribution in [0.2, 0.25) is 0 Å². The van der Waals surface area contributed by atoms with Crippen LogP contribution in [0.5, 0.6) is 11.5 Å². The number of rotatable bonds is 11. The molecule has 10 nitrogen and oxygen atoms in total. The van der Waals surface area contributed by atoms with Crippen molar-refractivity contribution in [2.45, 2.75) is 33.2 Å². The van der Waals surface area contributed by atoms with Crippen molar-refractivity contribution in [2.75, 3.05) is 19.8 Å². The van der Waals surface area contributed by atoms with E-state index in [9.17, 15) is 14.4 Å². The molecule has 0 bridgehead atoms. The molecular formula is C24H30N4O6. The first-order valence-corrected chi connectivity index (χ1v) is 11.2. The van der Waals surface area contributed by atoms with Gasteiger partial charge in [0.2, 0.25) is 0 Å². The van der Waals surface area contributed by atoms with Gasteiger partial charge >= 0.3 is 11.7 Å². The highest BCUT2D eigenvalue weighted by molar-refractivity contribution is 5.87. The highest BCUT2D eigenvalue weighted by Crippen LogP contribution is 2.29. The van der Waals surface area contributed by atoms with Crippen LogP contribution in [0, 0.1) is 0 Å². The Kier molecular flexibility index (Phi) is 8.29. The van der Waals surface area contributed by atoms with Crippen LogP contribution < -0.4 is 20.7 Å². The number of aromatic nitrogens is 4. The number of hydrogen-bond donors (Lipinski definition) is 0. The Labute approximate surface area is 197 Å². The van der Waals surface area contributed by atoms with Crippen molar-refractivity contribution in [1.82, 2.24) is 18.7 Å². The van der Waals surface area contributed by atoms with Gasteiger partial charge in [-0.2, -0.15) is 0 Å². The predicted molar refractivity (Wildman–Crippen MR) is 128 cm³/mol. The summed E-state index contributed by atoms with van der Waals surface area (Å²) in [5, 5.41) is 0. The summed E-state index contributed by atoms with van der Waals surface area (Å²) in [5.74, 6) is 0.754. The molecule has 2 aromatic heterocycles. The molecule has 2 heterocycles. The van der Waals surface area contributed by atoms with E-state index >= 15 is 0 Å². The van der Waals surface area contributed by atoms with Gasteiger partial charge in [0.1, 0.15) is 0 Å². The van der Waals surface area contributed by atoms with Gasteiger partial charge in [0.05, 0.1) is 26.1 Å². The third-order valence-electron chi connectivity index (χ3n) is 5.11. The van der Waals surface area contributed by atoms with Crippen LogP contribution >= 0.6 is 0 Å². The molecule has 0 fully saturated rings. The lowest BCUT2D eigenvalue weighted by molar-refractivity contribution is -0.137. The van der Waals surface area contributed by atoms with E-state index in [0.29, 0.717) is 42.3 Å². The maximum atomic E-state index is 12.7. The van der Waals surface area contributed by atoms with Crippen LogP contribution in [0.3, 0.4) is 0 Å². The topological polar surface area (TPSA) is 107 Å². The molecule has 0 radical (unpaired) electrons. The number of esters is 1. The van der Waals surface area contributed by atoms with Crippen molar-refractivity contribution in [3.05, 3.63) is 57.0 Å². The number of carbonyl (C=O) groups excluding carboxylic acids is 1. The van der Waals surface area contributed by atoms with Crippen LogP contribution in [0.4, 0.5) is 0 Å². The molecule has 0 aliphatic carbocycles. The van der Waals surface area contributed by atoms with Crippen LogP contribution in [0.15, 0.2) is 40.2 Å². The molecule has 0 N–H and O–H groups in total. The molecule has 0 atom stereocenters. The number of nitrogens with zero attached hydrogens (tertiary/aromatic N) is 4. The fourth-order valence-corrected chi connectivity index (χ4v) is 3.43. The molecule has 0 aliphatic rings. The van der Waals surface area contributed by atoms with Crippen LogP contribution in [-0.4, -0.2) is 44.5 Å². The Bertz CT molecular complexity index is 1300. The highest BCUT2D eigenvalue weighted by atomic mass is 16.5. The van der Waals surface area contributed by atoms with Crippen molar-refractivity contribution in [3.63, 3.8) is 0 Å². The van der Waals surface area contributed by atoms with Gasteiger partial charge < -0.3 is 18.8 Å². The lowest BCUT2D eigenvalue weighted by Crippen LogP contribution is -2.39. The van der Waals surface area contributed by atoms with Crippen molar-refractivity contribution in [3.8, 4) is 11.5 Å². The summed E-state index contributed by atoms with van der Waals surface area (Å²) in [4.78, 5) is 41.4. The maximum absolute atomic E-state index is 12.7. The number of hydrogen-bond acceptors (Lipinski definition) is 7. The number of fused-ring (bicyclic) bond motifs is 1.